The molecule has 0 amide bonds. The van der Waals surface area contributed by atoms with Crippen LogP contribution in [-0.4, -0.2) is 4.92 Å². The minimum atomic E-state index is -0.293. The molecule has 0 radical (unpaired) electrons. The predicted molar refractivity (Wildman–Crippen MR) is 108 cm³/mol. The molecule has 0 heterocycles. The lowest BCUT2D eigenvalue weighted by molar-refractivity contribution is -0.384. The van der Waals surface area contributed by atoms with Crippen molar-refractivity contribution in [2.45, 2.75) is 12.8 Å². The second kappa shape index (κ2) is 6.06. The maximum Gasteiger partial charge on any atom is 0.277 e. The van der Waals surface area contributed by atoms with Gasteiger partial charge in [-0.25, -0.2) is 0 Å². The summed E-state index contributed by atoms with van der Waals surface area (Å²) in [6, 6.07) is 26.0. The Hall–Kier alpha value is -3.46. The fourth-order valence-electron chi connectivity index (χ4n) is 4.24. The van der Waals surface area contributed by atoms with Crippen LogP contribution in [0.15, 0.2) is 78.9 Å². The molecule has 1 aliphatic carbocycles. The molecular weight excluding hydrogens is 334 g/mol. The summed E-state index contributed by atoms with van der Waals surface area (Å²) in [6.07, 6.45) is 1.77. The summed E-state index contributed by atoms with van der Waals surface area (Å²) in [5, 5.41) is 13.9. The zero-order valence-corrected chi connectivity index (χ0v) is 14.7. The van der Waals surface area contributed by atoms with Crippen molar-refractivity contribution in [3.63, 3.8) is 0 Å². The molecule has 0 spiro atoms. The molecule has 0 fully saturated rings. The summed E-state index contributed by atoms with van der Waals surface area (Å²) in [7, 11) is 0. The van der Waals surface area contributed by atoms with Gasteiger partial charge in [0.1, 0.15) is 0 Å². The molecule has 0 aromatic heterocycles. The molecule has 5 rings (SSSR count). The molecule has 1 aliphatic rings. The van der Waals surface area contributed by atoms with E-state index in [1.807, 2.05) is 24.3 Å². The molecule has 130 valence electrons. The first-order chi connectivity index (χ1) is 13.2. The van der Waals surface area contributed by atoms with Crippen molar-refractivity contribution >= 4 is 16.5 Å². The maximum atomic E-state index is 11.6. The van der Waals surface area contributed by atoms with Gasteiger partial charge in [-0.3, -0.25) is 10.1 Å². The van der Waals surface area contributed by atoms with E-state index >= 15 is 0 Å². The van der Waals surface area contributed by atoms with E-state index in [9.17, 15) is 10.1 Å². The van der Waals surface area contributed by atoms with Crippen LogP contribution in [0.2, 0.25) is 0 Å². The van der Waals surface area contributed by atoms with Crippen molar-refractivity contribution in [2.24, 2.45) is 0 Å². The van der Waals surface area contributed by atoms with Crippen LogP contribution in [0, 0.1) is 10.1 Å². The quantitative estimate of drug-likeness (QED) is 0.293. The van der Waals surface area contributed by atoms with Crippen LogP contribution in [0.1, 0.15) is 22.3 Å². The molecule has 0 unspecified atom stereocenters. The SMILES string of the molecule is O=[N+]([O-])c1ccccc1-c1cc2c(c3ccccc13)Cc1ccccc1C2. The highest BCUT2D eigenvalue weighted by Crippen LogP contribution is 2.40. The first-order valence-electron chi connectivity index (χ1n) is 9.06. The number of nitro groups is 1. The van der Waals surface area contributed by atoms with Crippen LogP contribution < -0.4 is 0 Å². The Balaban J connectivity index is 1.81. The molecule has 0 N–H and O–H groups in total. The molecule has 3 heteroatoms. The molecule has 0 atom stereocenters. The average Bonchev–Trinajstić information content (AvgIpc) is 2.72. The van der Waals surface area contributed by atoms with E-state index in [1.54, 1.807) is 12.1 Å². The van der Waals surface area contributed by atoms with Crippen molar-refractivity contribution in [1.82, 2.24) is 0 Å². The molecule has 0 saturated carbocycles. The highest BCUT2D eigenvalue weighted by Gasteiger charge is 2.22. The third-order valence-corrected chi connectivity index (χ3v) is 5.51. The summed E-state index contributed by atoms with van der Waals surface area (Å²) >= 11 is 0. The second-order valence-corrected chi connectivity index (χ2v) is 7.00. The minimum absolute atomic E-state index is 0.152. The van der Waals surface area contributed by atoms with Crippen molar-refractivity contribution in [1.29, 1.82) is 0 Å². The van der Waals surface area contributed by atoms with Gasteiger partial charge in [0.2, 0.25) is 0 Å². The van der Waals surface area contributed by atoms with Crippen LogP contribution in [0.4, 0.5) is 5.69 Å². The Morgan fingerprint density at radius 2 is 1.30 bits per heavy atom. The first kappa shape index (κ1) is 15.8. The number of benzene rings is 4. The van der Waals surface area contributed by atoms with E-state index in [-0.39, 0.29) is 10.6 Å². The van der Waals surface area contributed by atoms with Gasteiger partial charge in [0.25, 0.3) is 5.69 Å². The predicted octanol–water partition coefficient (Wildman–Crippen LogP) is 5.91. The molecule has 4 aromatic carbocycles. The molecule has 0 aliphatic heterocycles. The number of hydrogen-bond acceptors (Lipinski definition) is 2. The smallest absolute Gasteiger partial charge is 0.258 e. The van der Waals surface area contributed by atoms with Gasteiger partial charge in [0, 0.05) is 6.07 Å². The number of hydrogen-bond donors (Lipinski definition) is 0. The fourth-order valence-corrected chi connectivity index (χ4v) is 4.24. The molecule has 3 nitrogen and oxygen atoms in total. The van der Waals surface area contributed by atoms with E-state index in [0.717, 1.165) is 23.8 Å². The maximum absolute atomic E-state index is 11.6. The molecule has 0 saturated heterocycles. The Kier molecular flexibility index (Phi) is 3.54. The zero-order chi connectivity index (χ0) is 18.4. The highest BCUT2D eigenvalue weighted by atomic mass is 16.6. The largest absolute Gasteiger partial charge is 0.277 e. The summed E-state index contributed by atoms with van der Waals surface area (Å²) in [6.45, 7) is 0. The van der Waals surface area contributed by atoms with E-state index in [2.05, 4.69) is 42.5 Å². The third-order valence-electron chi connectivity index (χ3n) is 5.51. The Morgan fingerprint density at radius 1 is 0.667 bits per heavy atom. The zero-order valence-electron chi connectivity index (χ0n) is 14.7. The van der Waals surface area contributed by atoms with Gasteiger partial charge in [-0.1, -0.05) is 60.7 Å². The van der Waals surface area contributed by atoms with Gasteiger partial charge < -0.3 is 0 Å². The normalized spacial score (nSPS) is 12.4. The summed E-state index contributed by atoms with van der Waals surface area (Å²) in [4.78, 5) is 11.3. The van der Waals surface area contributed by atoms with Gasteiger partial charge >= 0.3 is 0 Å². The van der Waals surface area contributed by atoms with Crippen molar-refractivity contribution in [3.8, 4) is 11.1 Å². The highest BCUT2D eigenvalue weighted by molar-refractivity contribution is 6.01. The Bertz CT molecular complexity index is 1210. The summed E-state index contributed by atoms with van der Waals surface area (Å²) in [5.74, 6) is 0. The first-order valence-corrected chi connectivity index (χ1v) is 9.06. The van der Waals surface area contributed by atoms with Crippen molar-refractivity contribution in [3.05, 3.63) is 111 Å². The van der Waals surface area contributed by atoms with E-state index < -0.39 is 0 Å². The molecule has 0 bridgehead atoms. The number of rotatable bonds is 2. The lowest BCUT2D eigenvalue weighted by atomic mass is 9.81. The molecule has 4 aromatic rings. The number of nitrogens with zero attached hydrogens (tertiary/aromatic N) is 1. The second-order valence-electron chi connectivity index (χ2n) is 7.00. The van der Waals surface area contributed by atoms with Crippen LogP contribution in [0.5, 0.6) is 0 Å². The van der Waals surface area contributed by atoms with Crippen LogP contribution in [-0.2, 0) is 12.8 Å². The van der Waals surface area contributed by atoms with Crippen LogP contribution in [0.25, 0.3) is 21.9 Å². The van der Waals surface area contributed by atoms with Crippen LogP contribution >= 0.6 is 0 Å². The van der Waals surface area contributed by atoms with Crippen molar-refractivity contribution in [2.75, 3.05) is 0 Å². The Labute approximate surface area is 157 Å². The van der Waals surface area contributed by atoms with Crippen LogP contribution in [0.3, 0.4) is 0 Å². The topological polar surface area (TPSA) is 43.1 Å². The molecular formula is C24H17NO2. The monoisotopic (exact) mass is 351 g/mol. The lowest BCUT2D eigenvalue weighted by Gasteiger charge is -2.23. The number of fused-ring (bicyclic) bond motifs is 4. The minimum Gasteiger partial charge on any atom is -0.258 e. The van der Waals surface area contributed by atoms with Gasteiger partial charge in [-0.15, -0.1) is 0 Å². The van der Waals surface area contributed by atoms with Crippen molar-refractivity contribution < 1.29 is 4.92 Å². The van der Waals surface area contributed by atoms with Gasteiger partial charge in [0.15, 0.2) is 0 Å². The number of nitro benzene ring substituents is 1. The summed E-state index contributed by atoms with van der Waals surface area (Å²) in [5.41, 5.74) is 7.09. The number of para-hydroxylation sites is 1. The van der Waals surface area contributed by atoms with Gasteiger partial charge in [0.05, 0.1) is 10.5 Å². The van der Waals surface area contributed by atoms with E-state index in [1.165, 1.54) is 27.6 Å². The average molecular weight is 351 g/mol. The van der Waals surface area contributed by atoms with E-state index in [4.69, 9.17) is 0 Å². The molecule has 27 heavy (non-hydrogen) atoms. The van der Waals surface area contributed by atoms with Gasteiger partial charge in [-0.05, 0) is 63.6 Å². The third kappa shape index (κ3) is 2.51. The summed E-state index contributed by atoms with van der Waals surface area (Å²) < 4.78 is 0. The van der Waals surface area contributed by atoms with Gasteiger partial charge in [-0.2, -0.15) is 0 Å². The Morgan fingerprint density at radius 3 is 2.07 bits per heavy atom. The fraction of sp³-hybridized carbons (Fsp3) is 0.0833. The standard InChI is InChI=1S/C24H17NO2/c26-25(27)24-12-6-5-11-21(24)23-15-18-13-16-7-1-2-8-17(16)14-22(18)19-9-3-4-10-20(19)23/h1-12,15H,13-14H2. The lowest BCUT2D eigenvalue weighted by Crippen LogP contribution is -2.08. The van der Waals surface area contributed by atoms with E-state index in [0.29, 0.717) is 5.56 Å².